The molecule has 21 heavy (non-hydrogen) atoms. The van der Waals surface area contributed by atoms with E-state index in [9.17, 15) is 0 Å². The van der Waals surface area contributed by atoms with Gasteiger partial charge in [-0.2, -0.15) is 0 Å². The zero-order chi connectivity index (χ0) is 15.2. The van der Waals surface area contributed by atoms with Crippen molar-refractivity contribution >= 4 is 17.4 Å². The van der Waals surface area contributed by atoms with Crippen molar-refractivity contribution in [1.29, 1.82) is 0 Å². The number of nitrogens with zero attached hydrogens (tertiary/aromatic N) is 2. The molecule has 0 saturated carbocycles. The number of hydrogen-bond acceptors (Lipinski definition) is 4. The predicted octanol–water partition coefficient (Wildman–Crippen LogP) is 3.92. The molecule has 1 heterocycles. The summed E-state index contributed by atoms with van der Waals surface area (Å²) in [6.45, 7) is 4.94. The molecule has 0 fully saturated rings. The van der Waals surface area contributed by atoms with Crippen molar-refractivity contribution in [3.63, 3.8) is 0 Å². The molecule has 0 aliphatic carbocycles. The number of halogens is 1. The quantitative estimate of drug-likeness (QED) is 0.822. The number of ether oxygens (including phenoxy) is 1. The van der Waals surface area contributed by atoms with E-state index in [2.05, 4.69) is 35.2 Å². The Kier molecular flexibility index (Phi) is 5.39. The fraction of sp³-hybridized carbons (Fsp3) is 0.375. The van der Waals surface area contributed by atoms with Gasteiger partial charge in [0.05, 0.1) is 7.11 Å². The lowest BCUT2D eigenvalue weighted by molar-refractivity contribution is 0.414. The lowest BCUT2D eigenvalue weighted by Crippen LogP contribution is -2.10. The average Bonchev–Trinajstić information content (AvgIpc) is 2.47. The monoisotopic (exact) mass is 305 g/mol. The van der Waals surface area contributed by atoms with Crippen molar-refractivity contribution in [1.82, 2.24) is 9.97 Å². The molecule has 0 saturated heterocycles. The van der Waals surface area contributed by atoms with Gasteiger partial charge in [-0.3, -0.25) is 0 Å². The molecule has 1 N–H and O–H groups in total. The van der Waals surface area contributed by atoms with E-state index in [4.69, 9.17) is 16.3 Å². The first-order valence-corrected chi connectivity index (χ1v) is 7.36. The van der Waals surface area contributed by atoms with Gasteiger partial charge < -0.3 is 10.1 Å². The summed E-state index contributed by atoms with van der Waals surface area (Å²) in [6, 6.07) is 8.06. The van der Waals surface area contributed by atoms with E-state index in [-0.39, 0.29) is 5.92 Å². The van der Waals surface area contributed by atoms with Crippen molar-refractivity contribution in [3.8, 4) is 5.75 Å². The smallest absolute Gasteiger partial charge is 0.138 e. The van der Waals surface area contributed by atoms with Gasteiger partial charge in [0.15, 0.2) is 0 Å². The van der Waals surface area contributed by atoms with Crippen molar-refractivity contribution in [2.45, 2.75) is 26.2 Å². The first-order valence-electron chi connectivity index (χ1n) is 6.99. The second-order valence-electron chi connectivity index (χ2n) is 5.11. The fourth-order valence-electron chi connectivity index (χ4n) is 2.18. The third kappa shape index (κ3) is 4.08. The molecule has 0 radical (unpaired) electrons. The Morgan fingerprint density at radius 1 is 1.29 bits per heavy atom. The van der Waals surface area contributed by atoms with Crippen LogP contribution in [0, 0.1) is 0 Å². The van der Waals surface area contributed by atoms with E-state index >= 15 is 0 Å². The van der Waals surface area contributed by atoms with Crippen molar-refractivity contribution in [2.24, 2.45) is 0 Å². The first-order chi connectivity index (χ1) is 10.1. The maximum Gasteiger partial charge on any atom is 0.138 e. The van der Waals surface area contributed by atoms with E-state index in [1.165, 1.54) is 11.9 Å². The number of rotatable bonds is 6. The molecule has 0 aliphatic heterocycles. The highest BCUT2D eigenvalue weighted by Crippen LogP contribution is 2.27. The van der Waals surface area contributed by atoms with Crippen LogP contribution in [0.15, 0.2) is 30.6 Å². The summed E-state index contributed by atoms with van der Waals surface area (Å²) in [4.78, 5) is 8.34. The van der Waals surface area contributed by atoms with Crippen LogP contribution in [0.1, 0.15) is 30.9 Å². The molecule has 0 atom stereocenters. The molecule has 0 unspecified atom stereocenters. The molecule has 1 aromatic carbocycles. The molecule has 0 spiro atoms. The minimum atomic E-state index is 0.276. The molecule has 112 valence electrons. The lowest BCUT2D eigenvalue weighted by atomic mass is 10.1. The summed E-state index contributed by atoms with van der Waals surface area (Å²) in [5.41, 5.74) is 2.18. The Morgan fingerprint density at radius 2 is 2.10 bits per heavy atom. The van der Waals surface area contributed by atoms with E-state index in [0.29, 0.717) is 5.15 Å². The second-order valence-corrected chi connectivity index (χ2v) is 5.47. The Labute approximate surface area is 130 Å². The van der Waals surface area contributed by atoms with E-state index in [1.54, 1.807) is 7.11 Å². The Hall–Kier alpha value is -1.81. The molecular formula is C16H20ClN3O. The van der Waals surface area contributed by atoms with Gasteiger partial charge in [-0.1, -0.05) is 37.6 Å². The molecule has 5 heteroatoms. The van der Waals surface area contributed by atoms with Crippen molar-refractivity contribution in [3.05, 3.63) is 46.9 Å². The van der Waals surface area contributed by atoms with Crippen LogP contribution in [0.25, 0.3) is 0 Å². The largest absolute Gasteiger partial charge is 0.497 e. The molecule has 2 aromatic rings. The SMILES string of the molecule is COc1cccc(CCNc2ncnc(Cl)c2C(C)C)c1. The number of hydrogen-bond donors (Lipinski definition) is 1. The molecular weight excluding hydrogens is 286 g/mol. The van der Waals surface area contributed by atoms with Crippen LogP contribution in [0.5, 0.6) is 5.75 Å². The lowest BCUT2D eigenvalue weighted by Gasteiger charge is -2.14. The van der Waals surface area contributed by atoms with Crippen LogP contribution >= 0.6 is 11.6 Å². The van der Waals surface area contributed by atoms with Gasteiger partial charge >= 0.3 is 0 Å². The Balaban J connectivity index is 2.02. The van der Waals surface area contributed by atoms with Crippen LogP contribution in [0.2, 0.25) is 5.15 Å². The van der Waals surface area contributed by atoms with E-state index in [1.807, 2.05) is 18.2 Å². The Bertz CT molecular complexity index is 602. The normalized spacial score (nSPS) is 10.7. The zero-order valence-electron chi connectivity index (χ0n) is 12.6. The maximum absolute atomic E-state index is 6.15. The maximum atomic E-state index is 6.15. The summed E-state index contributed by atoms with van der Waals surface area (Å²) < 4.78 is 5.23. The van der Waals surface area contributed by atoms with Gasteiger partial charge in [-0.05, 0) is 30.0 Å². The highest BCUT2D eigenvalue weighted by Gasteiger charge is 2.13. The van der Waals surface area contributed by atoms with E-state index < -0.39 is 0 Å². The molecule has 0 bridgehead atoms. The van der Waals surface area contributed by atoms with Crippen LogP contribution in [-0.2, 0) is 6.42 Å². The summed E-state index contributed by atoms with van der Waals surface area (Å²) >= 11 is 6.15. The standard InChI is InChI=1S/C16H20ClN3O/c1-11(2)14-15(17)19-10-20-16(14)18-8-7-12-5-4-6-13(9-12)21-3/h4-6,9-11H,7-8H2,1-3H3,(H,18,19,20). The minimum absolute atomic E-state index is 0.276. The summed E-state index contributed by atoms with van der Waals surface area (Å²) in [5, 5.41) is 3.86. The molecule has 4 nitrogen and oxygen atoms in total. The summed E-state index contributed by atoms with van der Waals surface area (Å²) in [6.07, 6.45) is 2.37. The van der Waals surface area contributed by atoms with Crippen LogP contribution < -0.4 is 10.1 Å². The van der Waals surface area contributed by atoms with Crippen LogP contribution in [-0.4, -0.2) is 23.6 Å². The summed E-state index contributed by atoms with van der Waals surface area (Å²) in [5.74, 6) is 1.96. The van der Waals surface area contributed by atoms with Crippen molar-refractivity contribution in [2.75, 3.05) is 19.0 Å². The highest BCUT2D eigenvalue weighted by molar-refractivity contribution is 6.30. The molecule has 0 amide bonds. The number of methoxy groups -OCH3 is 1. The third-order valence-corrected chi connectivity index (χ3v) is 3.55. The van der Waals surface area contributed by atoms with Crippen molar-refractivity contribution < 1.29 is 4.74 Å². The zero-order valence-corrected chi connectivity index (χ0v) is 13.3. The third-order valence-electron chi connectivity index (χ3n) is 3.25. The van der Waals surface area contributed by atoms with Crippen LogP contribution in [0.3, 0.4) is 0 Å². The fourth-order valence-corrected chi connectivity index (χ4v) is 2.53. The van der Waals surface area contributed by atoms with Gasteiger partial charge in [0.2, 0.25) is 0 Å². The van der Waals surface area contributed by atoms with Gasteiger partial charge in [-0.15, -0.1) is 0 Å². The predicted molar refractivity (Wildman–Crippen MR) is 86.3 cm³/mol. The Morgan fingerprint density at radius 3 is 2.81 bits per heavy atom. The van der Waals surface area contributed by atoms with E-state index in [0.717, 1.165) is 30.1 Å². The van der Waals surface area contributed by atoms with Crippen LogP contribution in [0.4, 0.5) is 5.82 Å². The number of aromatic nitrogens is 2. The highest BCUT2D eigenvalue weighted by atomic mass is 35.5. The number of anilines is 1. The molecule has 0 aliphatic rings. The van der Waals surface area contributed by atoms with Gasteiger partial charge in [0.25, 0.3) is 0 Å². The van der Waals surface area contributed by atoms with Gasteiger partial charge in [-0.25, -0.2) is 9.97 Å². The molecule has 1 aromatic heterocycles. The van der Waals surface area contributed by atoms with Gasteiger partial charge in [0.1, 0.15) is 23.0 Å². The number of nitrogens with one attached hydrogen (secondary N) is 1. The first kappa shape index (κ1) is 15.6. The van der Waals surface area contributed by atoms with Gasteiger partial charge in [0, 0.05) is 12.1 Å². The second kappa shape index (κ2) is 7.27. The average molecular weight is 306 g/mol. The topological polar surface area (TPSA) is 47.0 Å². The summed E-state index contributed by atoms with van der Waals surface area (Å²) in [7, 11) is 1.68. The number of benzene rings is 1. The molecule has 2 rings (SSSR count). The minimum Gasteiger partial charge on any atom is -0.497 e.